The SMILES string of the molecule is CCCCc1cccc(CC(C)c2ccc(O)c(C(C)Cc3cccc(CCCC)c3CCCC)c2C(C)Cc2cccc(CCCC)c2CCCC)c1CCCC. The van der Waals surface area contributed by atoms with Gasteiger partial charge < -0.3 is 5.11 Å². The van der Waals surface area contributed by atoms with E-state index >= 15 is 0 Å². The van der Waals surface area contributed by atoms with Crippen molar-refractivity contribution in [2.24, 2.45) is 0 Å². The van der Waals surface area contributed by atoms with E-state index in [1.54, 1.807) is 33.4 Å². The predicted octanol–water partition coefficient (Wildman–Crippen LogP) is 16.5. The van der Waals surface area contributed by atoms with E-state index in [2.05, 4.69) is 129 Å². The predicted molar refractivity (Wildman–Crippen MR) is 255 cm³/mol. The van der Waals surface area contributed by atoms with Gasteiger partial charge in [-0.15, -0.1) is 0 Å². The largest absolute Gasteiger partial charge is 0.508 e. The molecule has 0 aliphatic heterocycles. The average molecular weight is 785 g/mol. The molecule has 1 N–H and O–H groups in total. The third kappa shape index (κ3) is 13.1. The van der Waals surface area contributed by atoms with E-state index in [1.165, 1.54) is 130 Å². The van der Waals surface area contributed by atoms with Crippen molar-refractivity contribution < 1.29 is 5.11 Å². The fraction of sp³-hybridized carbons (Fsp3) is 0.579. The summed E-state index contributed by atoms with van der Waals surface area (Å²) >= 11 is 0. The van der Waals surface area contributed by atoms with Crippen LogP contribution in [0.15, 0.2) is 66.7 Å². The van der Waals surface area contributed by atoms with Crippen molar-refractivity contribution in [2.45, 2.75) is 215 Å². The lowest BCUT2D eigenvalue weighted by molar-refractivity contribution is 0.458. The minimum Gasteiger partial charge on any atom is -0.508 e. The van der Waals surface area contributed by atoms with Crippen molar-refractivity contribution in [1.82, 2.24) is 0 Å². The van der Waals surface area contributed by atoms with Crippen LogP contribution in [0.5, 0.6) is 5.75 Å². The lowest BCUT2D eigenvalue weighted by Crippen LogP contribution is -2.15. The molecule has 0 spiro atoms. The number of phenolic OH excluding ortho intramolecular Hbond substituents is 1. The summed E-state index contributed by atoms with van der Waals surface area (Å²) in [7, 11) is 0. The zero-order valence-corrected chi connectivity index (χ0v) is 38.9. The van der Waals surface area contributed by atoms with Crippen LogP contribution in [0.1, 0.15) is 224 Å². The van der Waals surface area contributed by atoms with Crippen LogP contribution in [-0.2, 0) is 57.8 Å². The quantitative estimate of drug-likeness (QED) is 0.0638. The first-order chi connectivity index (χ1) is 28.2. The average Bonchev–Trinajstić information content (AvgIpc) is 3.22. The third-order valence-electron chi connectivity index (χ3n) is 13.2. The second-order valence-electron chi connectivity index (χ2n) is 18.1. The van der Waals surface area contributed by atoms with Gasteiger partial charge in [0.1, 0.15) is 5.75 Å². The van der Waals surface area contributed by atoms with Crippen LogP contribution in [0.25, 0.3) is 0 Å². The summed E-state index contributed by atoms with van der Waals surface area (Å²) < 4.78 is 0. The van der Waals surface area contributed by atoms with Crippen LogP contribution < -0.4 is 0 Å². The Morgan fingerprint density at radius 2 is 0.672 bits per heavy atom. The molecule has 3 unspecified atom stereocenters. The Balaban J connectivity index is 1.86. The van der Waals surface area contributed by atoms with Gasteiger partial charge >= 0.3 is 0 Å². The fourth-order valence-electron chi connectivity index (χ4n) is 9.91. The number of phenols is 1. The Morgan fingerprint density at radius 3 is 1.03 bits per heavy atom. The molecule has 0 fully saturated rings. The summed E-state index contributed by atoms with van der Waals surface area (Å²) in [5.41, 5.74) is 18.0. The van der Waals surface area contributed by atoms with E-state index in [0.29, 0.717) is 11.7 Å². The van der Waals surface area contributed by atoms with E-state index in [-0.39, 0.29) is 11.8 Å². The molecule has 0 heterocycles. The second kappa shape index (κ2) is 25.3. The number of benzene rings is 4. The molecule has 0 aromatic heterocycles. The molecule has 4 rings (SSSR count). The molecule has 0 bridgehead atoms. The second-order valence-corrected chi connectivity index (χ2v) is 18.1. The molecule has 0 saturated heterocycles. The normalized spacial score (nSPS) is 13.2. The van der Waals surface area contributed by atoms with Gasteiger partial charge in [-0.1, -0.05) is 162 Å². The maximum absolute atomic E-state index is 12.1. The molecular weight excluding hydrogens is 701 g/mol. The van der Waals surface area contributed by atoms with Crippen molar-refractivity contribution in [3.05, 3.63) is 133 Å². The van der Waals surface area contributed by atoms with E-state index in [9.17, 15) is 5.11 Å². The maximum atomic E-state index is 12.1. The summed E-state index contributed by atoms with van der Waals surface area (Å²) in [4.78, 5) is 0. The summed E-state index contributed by atoms with van der Waals surface area (Å²) in [6, 6.07) is 25.8. The molecule has 1 heteroatoms. The molecular formula is C57H84O. The molecule has 0 saturated carbocycles. The van der Waals surface area contributed by atoms with E-state index < -0.39 is 0 Å². The van der Waals surface area contributed by atoms with Crippen molar-refractivity contribution in [3.63, 3.8) is 0 Å². The van der Waals surface area contributed by atoms with Gasteiger partial charge in [-0.2, -0.15) is 0 Å². The zero-order valence-electron chi connectivity index (χ0n) is 38.9. The summed E-state index contributed by atoms with van der Waals surface area (Å²) in [5.74, 6) is 1.28. The van der Waals surface area contributed by atoms with Gasteiger partial charge in [0.25, 0.3) is 0 Å². The van der Waals surface area contributed by atoms with Crippen molar-refractivity contribution in [2.75, 3.05) is 0 Å². The lowest BCUT2D eigenvalue weighted by atomic mass is 9.75. The molecule has 0 aliphatic rings. The van der Waals surface area contributed by atoms with E-state index in [1.807, 2.05) is 0 Å². The molecule has 318 valence electrons. The monoisotopic (exact) mass is 785 g/mol. The first kappa shape index (κ1) is 47.4. The highest BCUT2D eigenvalue weighted by atomic mass is 16.3. The van der Waals surface area contributed by atoms with Gasteiger partial charge in [0, 0.05) is 5.56 Å². The Bertz CT molecular complexity index is 1790. The standard InChI is InChI=1S/C57H84O/c1-10-16-25-45-28-22-31-48(52(45)34-19-13-4)39-42(7)51-37-38-55(58)57(44(9)41-50-33-24-30-47(27-18-12-3)54(50)36-21-15-6)56(51)43(8)40-49-32-23-29-46(26-17-11-2)53(49)35-20-14-5/h22-24,28-33,37-38,42-44,58H,10-21,25-27,34-36,39-41H2,1-9H3. The van der Waals surface area contributed by atoms with Gasteiger partial charge in [-0.25, -0.2) is 0 Å². The first-order valence-corrected chi connectivity index (χ1v) is 24.4. The Morgan fingerprint density at radius 1 is 0.362 bits per heavy atom. The molecule has 0 aliphatic carbocycles. The van der Waals surface area contributed by atoms with Gasteiger partial charge in [0.2, 0.25) is 0 Å². The maximum Gasteiger partial charge on any atom is 0.119 e. The molecule has 3 atom stereocenters. The Hall–Kier alpha value is -3.32. The van der Waals surface area contributed by atoms with Crippen molar-refractivity contribution in [3.8, 4) is 5.75 Å². The topological polar surface area (TPSA) is 20.2 Å². The highest BCUT2D eigenvalue weighted by molar-refractivity contribution is 5.52. The highest BCUT2D eigenvalue weighted by Crippen LogP contribution is 2.43. The summed E-state index contributed by atoms with van der Waals surface area (Å²) in [6.07, 6.45) is 24.7. The Labute approximate surface area is 357 Å². The van der Waals surface area contributed by atoms with Crippen molar-refractivity contribution >= 4 is 0 Å². The van der Waals surface area contributed by atoms with Crippen LogP contribution in [0.3, 0.4) is 0 Å². The van der Waals surface area contributed by atoms with Gasteiger partial charge in [0.05, 0.1) is 0 Å². The van der Waals surface area contributed by atoms with Crippen LogP contribution in [0.4, 0.5) is 0 Å². The zero-order chi connectivity index (χ0) is 41.9. The summed E-state index contributed by atoms with van der Waals surface area (Å²) in [6.45, 7) is 21.2. The number of aryl methyl sites for hydroxylation is 3. The smallest absolute Gasteiger partial charge is 0.119 e. The van der Waals surface area contributed by atoms with Crippen LogP contribution in [-0.4, -0.2) is 5.11 Å². The highest BCUT2D eigenvalue weighted by Gasteiger charge is 2.27. The number of unbranched alkanes of at least 4 members (excludes halogenated alkanes) is 6. The molecule has 0 amide bonds. The van der Waals surface area contributed by atoms with E-state index in [4.69, 9.17) is 0 Å². The molecule has 1 nitrogen and oxygen atoms in total. The van der Waals surface area contributed by atoms with Crippen molar-refractivity contribution in [1.29, 1.82) is 0 Å². The van der Waals surface area contributed by atoms with E-state index in [0.717, 1.165) is 38.5 Å². The first-order valence-electron chi connectivity index (χ1n) is 24.4. The van der Waals surface area contributed by atoms with Gasteiger partial charge in [-0.05, 0) is 181 Å². The number of rotatable bonds is 27. The minimum absolute atomic E-state index is 0.194. The summed E-state index contributed by atoms with van der Waals surface area (Å²) in [5, 5.41) is 12.1. The van der Waals surface area contributed by atoms with Crippen LogP contribution in [0.2, 0.25) is 0 Å². The number of hydrogen-bond acceptors (Lipinski definition) is 1. The molecule has 4 aromatic rings. The Kier molecular flexibility index (Phi) is 20.7. The minimum atomic E-state index is 0.194. The molecule has 0 radical (unpaired) electrons. The lowest BCUT2D eigenvalue weighted by Gasteiger charge is -2.29. The van der Waals surface area contributed by atoms with Crippen LogP contribution in [0, 0.1) is 0 Å². The van der Waals surface area contributed by atoms with Crippen LogP contribution >= 0.6 is 0 Å². The fourth-order valence-corrected chi connectivity index (χ4v) is 9.91. The van der Waals surface area contributed by atoms with Gasteiger partial charge in [0.15, 0.2) is 0 Å². The van der Waals surface area contributed by atoms with Gasteiger partial charge in [-0.3, -0.25) is 0 Å². The third-order valence-corrected chi connectivity index (χ3v) is 13.2. The number of aromatic hydroxyl groups is 1. The number of hydrogen-bond donors (Lipinski definition) is 1. The molecule has 4 aromatic carbocycles. The molecule has 58 heavy (non-hydrogen) atoms.